The normalized spacial score (nSPS) is 27.4. The van der Waals surface area contributed by atoms with E-state index in [4.69, 9.17) is 15.2 Å². The summed E-state index contributed by atoms with van der Waals surface area (Å²) in [6, 6.07) is 0. The number of nitrogens with two attached hydrogens (primary N) is 1. The van der Waals surface area contributed by atoms with E-state index in [1.165, 1.54) is 19.3 Å². The molecule has 1 unspecified atom stereocenters. The highest BCUT2D eigenvalue weighted by Gasteiger charge is 2.31. The Hall–Kier alpha value is -0.810. The van der Waals surface area contributed by atoms with Crippen LogP contribution in [0, 0.1) is 0 Å². The molecule has 19 heavy (non-hydrogen) atoms. The molecule has 0 aromatic heterocycles. The van der Waals surface area contributed by atoms with Crippen LogP contribution in [0.5, 0.6) is 0 Å². The molecular formula is C14H27N3O2. The Morgan fingerprint density at radius 2 is 2.16 bits per heavy atom. The van der Waals surface area contributed by atoms with E-state index in [-0.39, 0.29) is 5.60 Å². The van der Waals surface area contributed by atoms with Crippen molar-refractivity contribution in [1.82, 2.24) is 5.32 Å². The summed E-state index contributed by atoms with van der Waals surface area (Å²) in [6.45, 7) is 2.29. The van der Waals surface area contributed by atoms with Crippen LogP contribution in [0.15, 0.2) is 4.99 Å². The lowest BCUT2D eigenvalue weighted by Crippen LogP contribution is -2.41. The number of aliphatic imine (C=N–C) groups is 1. The Labute approximate surface area is 115 Å². The number of ether oxygens (including phenoxy) is 2. The molecule has 1 saturated carbocycles. The van der Waals surface area contributed by atoms with Gasteiger partial charge >= 0.3 is 0 Å². The second kappa shape index (κ2) is 7.10. The van der Waals surface area contributed by atoms with E-state index in [0.29, 0.717) is 18.6 Å². The van der Waals surface area contributed by atoms with Gasteiger partial charge in [-0.1, -0.05) is 19.3 Å². The molecule has 0 bridgehead atoms. The van der Waals surface area contributed by atoms with E-state index in [0.717, 1.165) is 38.8 Å². The minimum absolute atomic E-state index is 0.0889. The molecule has 1 heterocycles. The maximum atomic E-state index is 5.91. The fourth-order valence-corrected chi connectivity index (χ4v) is 2.93. The van der Waals surface area contributed by atoms with E-state index in [2.05, 4.69) is 10.3 Å². The summed E-state index contributed by atoms with van der Waals surface area (Å²) >= 11 is 0. The Bertz CT molecular complexity index is 295. The monoisotopic (exact) mass is 269 g/mol. The van der Waals surface area contributed by atoms with Crippen LogP contribution in [-0.2, 0) is 9.47 Å². The van der Waals surface area contributed by atoms with Crippen molar-refractivity contribution in [2.45, 2.75) is 56.7 Å². The number of hydrogen-bond acceptors (Lipinski definition) is 3. The summed E-state index contributed by atoms with van der Waals surface area (Å²) in [4.78, 5) is 4.45. The van der Waals surface area contributed by atoms with Crippen molar-refractivity contribution in [3.05, 3.63) is 0 Å². The molecule has 5 nitrogen and oxygen atoms in total. The first-order valence-corrected chi connectivity index (χ1v) is 7.45. The lowest BCUT2D eigenvalue weighted by atomic mass is 9.85. The van der Waals surface area contributed by atoms with Gasteiger partial charge < -0.3 is 20.5 Å². The van der Waals surface area contributed by atoms with Crippen molar-refractivity contribution < 1.29 is 9.47 Å². The second-order valence-electron chi connectivity index (χ2n) is 5.67. The summed E-state index contributed by atoms with van der Waals surface area (Å²) < 4.78 is 11.2. The quantitative estimate of drug-likeness (QED) is 0.585. The molecule has 3 N–H and O–H groups in total. The fraction of sp³-hybridized carbons (Fsp3) is 0.929. The molecule has 0 radical (unpaired) electrons. The van der Waals surface area contributed by atoms with Crippen LogP contribution in [0.1, 0.15) is 44.9 Å². The van der Waals surface area contributed by atoms with Gasteiger partial charge in [0, 0.05) is 20.3 Å². The number of methoxy groups -OCH3 is 1. The molecule has 2 aliphatic rings. The zero-order valence-electron chi connectivity index (χ0n) is 12.0. The van der Waals surface area contributed by atoms with Gasteiger partial charge in [-0.15, -0.1) is 0 Å². The number of nitrogens with zero attached hydrogens (tertiary/aromatic N) is 1. The molecule has 0 spiro atoms. The highest BCUT2D eigenvalue weighted by atomic mass is 16.5. The van der Waals surface area contributed by atoms with Gasteiger partial charge in [-0.3, -0.25) is 4.99 Å². The van der Waals surface area contributed by atoms with E-state index in [1.807, 2.05) is 0 Å². The summed E-state index contributed by atoms with van der Waals surface area (Å²) in [5, 5.41) is 3.15. The van der Waals surface area contributed by atoms with Crippen LogP contribution in [0.3, 0.4) is 0 Å². The van der Waals surface area contributed by atoms with Gasteiger partial charge in [0.1, 0.15) is 0 Å². The first-order chi connectivity index (χ1) is 9.24. The maximum absolute atomic E-state index is 5.91. The van der Waals surface area contributed by atoms with E-state index >= 15 is 0 Å². The van der Waals surface area contributed by atoms with Crippen molar-refractivity contribution >= 4 is 5.96 Å². The molecule has 0 aromatic rings. The Morgan fingerprint density at radius 3 is 2.79 bits per heavy atom. The molecule has 1 aliphatic carbocycles. The smallest absolute Gasteiger partial charge is 0.188 e. The lowest BCUT2D eigenvalue weighted by molar-refractivity contribution is -0.0308. The SMILES string of the molecule is COC1(CN=C(N)NCC2CCCO2)CCCCC1. The highest BCUT2D eigenvalue weighted by Crippen LogP contribution is 2.31. The third-order valence-corrected chi connectivity index (χ3v) is 4.27. The Balaban J connectivity index is 1.75. The van der Waals surface area contributed by atoms with Crippen molar-refractivity contribution in [2.75, 3.05) is 26.8 Å². The van der Waals surface area contributed by atoms with Gasteiger partial charge in [-0.05, 0) is 25.7 Å². The molecule has 2 fully saturated rings. The second-order valence-corrected chi connectivity index (χ2v) is 5.67. The van der Waals surface area contributed by atoms with Gasteiger partial charge in [-0.25, -0.2) is 0 Å². The standard InChI is InChI=1S/C14H27N3O2/c1-18-14(7-3-2-4-8-14)11-17-13(15)16-10-12-6-5-9-19-12/h12H,2-11H2,1H3,(H3,15,16,17). The van der Waals surface area contributed by atoms with Crippen LogP contribution >= 0.6 is 0 Å². The molecule has 5 heteroatoms. The molecule has 2 rings (SSSR count). The summed E-state index contributed by atoms with van der Waals surface area (Å²) in [6.07, 6.45) is 8.50. The zero-order chi connectivity index (χ0) is 13.6. The van der Waals surface area contributed by atoms with Crippen LogP contribution < -0.4 is 11.1 Å². The molecule has 110 valence electrons. The molecule has 0 amide bonds. The Kier molecular flexibility index (Phi) is 5.45. The van der Waals surface area contributed by atoms with Crippen molar-refractivity contribution in [3.8, 4) is 0 Å². The summed E-state index contributed by atoms with van der Waals surface area (Å²) in [5.41, 5.74) is 5.82. The summed E-state index contributed by atoms with van der Waals surface area (Å²) in [7, 11) is 1.79. The largest absolute Gasteiger partial charge is 0.376 e. The topological polar surface area (TPSA) is 68.9 Å². The lowest BCUT2D eigenvalue weighted by Gasteiger charge is -2.34. The van der Waals surface area contributed by atoms with Crippen LogP contribution in [0.25, 0.3) is 0 Å². The van der Waals surface area contributed by atoms with Crippen LogP contribution in [0.2, 0.25) is 0 Å². The summed E-state index contributed by atoms with van der Waals surface area (Å²) in [5.74, 6) is 0.512. The average molecular weight is 269 g/mol. The predicted octanol–water partition coefficient (Wildman–Crippen LogP) is 1.42. The molecule has 1 atom stereocenters. The van der Waals surface area contributed by atoms with E-state index in [9.17, 15) is 0 Å². The van der Waals surface area contributed by atoms with E-state index in [1.54, 1.807) is 7.11 Å². The number of rotatable bonds is 5. The zero-order valence-corrected chi connectivity index (χ0v) is 12.0. The first-order valence-electron chi connectivity index (χ1n) is 7.45. The third kappa shape index (κ3) is 4.35. The minimum Gasteiger partial charge on any atom is -0.376 e. The fourth-order valence-electron chi connectivity index (χ4n) is 2.93. The van der Waals surface area contributed by atoms with Gasteiger partial charge in [0.05, 0.1) is 18.2 Å². The van der Waals surface area contributed by atoms with Crippen LogP contribution in [-0.4, -0.2) is 44.5 Å². The first kappa shape index (κ1) is 14.6. The minimum atomic E-state index is -0.0889. The number of hydrogen-bond donors (Lipinski definition) is 2. The van der Waals surface area contributed by atoms with E-state index < -0.39 is 0 Å². The Morgan fingerprint density at radius 1 is 1.37 bits per heavy atom. The molecule has 1 saturated heterocycles. The van der Waals surface area contributed by atoms with Crippen LogP contribution in [0.4, 0.5) is 0 Å². The third-order valence-electron chi connectivity index (χ3n) is 4.27. The van der Waals surface area contributed by atoms with Gasteiger partial charge in [0.2, 0.25) is 0 Å². The maximum Gasteiger partial charge on any atom is 0.188 e. The average Bonchev–Trinajstić information content (AvgIpc) is 2.97. The van der Waals surface area contributed by atoms with Gasteiger partial charge in [0.25, 0.3) is 0 Å². The number of nitrogens with one attached hydrogen (secondary N) is 1. The number of guanidine groups is 1. The molecular weight excluding hydrogens is 242 g/mol. The predicted molar refractivity (Wildman–Crippen MR) is 76.3 cm³/mol. The van der Waals surface area contributed by atoms with Crippen molar-refractivity contribution in [3.63, 3.8) is 0 Å². The highest BCUT2D eigenvalue weighted by molar-refractivity contribution is 5.77. The van der Waals surface area contributed by atoms with Gasteiger partial charge in [-0.2, -0.15) is 0 Å². The molecule has 1 aliphatic heterocycles. The van der Waals surface area contributed by atoms with Crippen molar-refractivity contribution in [1.29, 1.82) is 0 Å². The molecule has 0 aromatic carbocycles. The van der Waals surface area contributed by atoms with Gasteiger partial charge in [0.15, 0.2) is 5.96 Å². The van der Waals surface area contributed by atoms with Crippen molar-refractivity contribution in [2.24, 2.45) is 10.7 Å².